The predicted octanol–water partition coefficient (Wildman–Crippen LogP) is 3.77. The second-order valence-corrected chi connectivity index (χ2v) is 7.36. The number of nitrogens with zero attached hydrogens (tertiary/aromatic N) is 2. The van der Waals surface area contributed by atoms with Gasteiger partial charge < -0.3 is 21.3 Å². The Labute approximate surface area is 186 Å². The van der Waals surface area contributed by atoms with Crippen LogP contribution in [0.4, 0.5) is 46.5 Å². The number of nitrogen functional groups attached to an aromatic ring is 2. The fraction of sp³-hybridized carbons (Fsp3) is 0.300. The van der Waals surface area contributed by atoms with Crippen LogP contribution < -0.4 is 11.5 Å². The van der Waals surface area contributed by atoms with Crippen molar-refractivity contribution in [1.29, 1.82) is 0 Å². The Morgan fingerprint density at radius 2 is 0.941 bits per heavy atom. The number of alkyl halides is 6. The molecule has 1 aliphatic rings. The van der Waals surface area contributed by atoms with Gasteiger partial charge in [0.2, 0.25) is 0 Å². The van der Waals surface area contributed by atoms with Gasteiger partial charge in [-0.3, -0.25) is 9.59 Å². The van der Waals surface area contributed by atoms with Crippen LogP contribution in [0.15, 0.2) is 24.3 Å². The van der Waals surface area contributed by atoms with E-state index in [0.29, 0.717) is 12.1 Å². The fourth-order valence-electron chi connectivity index (χ4n) is 3.55. The highest BCUT2D eigenvalue weighted by Crippen LogP contribution is 2.38. The molecule has 0 aromatic heterocycles. The molecule has 34 heavy (non-hydrogen) atoms. The zero-order chi connectivity index (χ0) is 25.6. The molecule has 2 aromatic carbocycles. The van der Waals surface area contributed by atoms with Gasteiger partial charge >= 0.3 is 12.4 Å². The lowest BCUT2D eigenvalue weighted by molar-refractivity contribution is -0.141. The average molecular weight is 496 g/mol. The number of hydrogen-bond acceptors (Lipinski definition) is 4. The molecule has 0 aliphatic carbocycles. The number of amides is 2. The number of hydrogen-bond donors (Lipinski definition) is 2. The minimum Gasteiger partial charge on any atom is -0.396 e. The minimum atomic E-state index is -5.23. The molecule has 6 nitrogen and oxygen atoms in total. The molecule has 0 radical (unpaired) electrons. The summed E-state index contributed by atoms with van der Waals surface area (Å²) < 4.78 is 108. The first-order valence-electron chi connectivity index (χ1n) is 9.53. The quantitative estimate of drug-likeness (QED) is 0.489. The van der Waals surface area contributed by atoms with Gasteiger partial charge in [-0.2, -0.15) is 26.3 Å². The molecule has 0 spiro atoms. The number of halogens is 8. The highest BCUT2D eigenvalue weighted by molar-refractivity contribution is 5.98. The summed E-state index contributed by atoms with van der Waals surface area (Å²) in [7, 11) is 0. The molecular formula is C20H16F8N4O2. The van der Waals surface area contributed by atoms with Crippen molar-refractivity contribution in [3.63, 3.8) is 0 Å². The smallest absolute Gasteiger partial charge is 0.396 e. The van der Waals surface area contributed by atoms with E-state index in [1.54, 1.807) is 0 Å². The van der Waals surface area contributed by atoms with E-state index in [0.717, 1.165) is 21.9 Å². The van der Waals surface area contributed by atoms with Crippen LogP contribution in [0, 0.1) is 11.6 Å². The van der Waals surface area contributed by atoms with Gasteiger partial charge in [0.25, 0.3) is 11.8 Å². The van der Waals surface area contributed by atoms with Crippen molar-refractivity contribution in [2.45, 2.75) is 12.4 Å². The van der Waals surface area contributed by atoms with Gasteiger partial charge in [-0.25, -0.2) is 8.78 Å². The first kappa shape index (κ1) is 25.1. The van der Waals surface area contributed by atoms with Gasteiger partial charge in [0.05, 0.1) is 22.5 Å². The number of piperazine rings is 1. The number of carbonyl (C=O) groups is 2. The largest absolute Gasteiger partial charge is 0.420 e. The number of benzene rings is 2. The van der Waals surface area contributed by atoms with E-state index in [1.807, 2.05) is 0 Å². The maximum absolute atomic E-state index is 14.0. The lowest BCUT2D eigenvalue weighted by Crippen LogP contribution is -2.51. The zero-order valence-corrected chi connectivity index (χ0v) is 17.0. The number of carbonyl (C=O) groups excluding carboxylic acids is 2. The molecule has 2 aromatic rings. The molecule has 0 atom stereocenters. The van der Waals surface area contributed by atoms with Crippen molar-refractivity contribution in [1.82, 2.24) is 9.80 Å². The van der Waals surface area contributed by atoms with E-state index in [4.69, 9.17) is 11.5 Å². The highest BCUT2D eigenvalue weighted by atomic mass is 19.4. The minimum absolute atomic E-state index is 0.368. The third kappa shape index (κ3) is 4.56. The Morgan fingerprint density at radius 3 is 1.21 bits per heavy atom. The molecular weight excluding hydrogens is 480 g/mol. The highest BCUT2D eigenvalue weighted by Gasteiger charge is 2.42. The zero-order valence-electron chi connectivity index (χ0n) is 17.0. The van der Waals surface area contributed by atoms with Crippen molar-refractivity contribution < 1.29 is 44.7 Å². The molecule has 4 N–H and O–H groups in total. The van der Waals surface area contributed by atoms with Crippen LogP contribution in [0.3, 0.4) is 0 Å². The maximum atomic E-state index is 14.0. The van der Waals surface area contributed by atoms with Gasteiger partial charge in [0, 0.05) is 26.2 Å². The van der Waals surface area contributed by atoms with Gasteiger partial charge in [-0.1, -0.05) is 0 Å². The van der Waals surface area contributed by atoms with E-state index in [-0.39, 0.29) is 26.2 Å². The molecule has 184 valence electrons. The Morgan fingerprint density at radius 1 is 0.647 bits per heavy atom. The van der Waals surface area contributed by atoms with Gasteiger partial charge in [0.1, 0.15) is 11.1 Å². The molecule has 1 saturated heterocycles. The Hall–Kier alpha value is -3.58. The monoisotopic (exact) mass is 496 g/mol. The lowest BCUT2D eigenvalue weighted by Gasteiger charge is -2.35. The summed E-state index contributed by atoms with van der Waals surface area (Å²) in [5, 5.41) is 0. The molecule has 0 bridgehead atoms. The van der Waals surface area contributed by atoms with E-state index in [1.165, 1.54) is 0 Å². The molecule has 0 unspecified atom stereocenters. The van der Waals surface area contributed by atoms with Crippen molar-refractivity contribution >= 4 is 23.2 Å². The van der Waals surface area contributed by atoms with Gasteiger partial charge in [0.15, 0.2) is 11.6 Å². The van der Waals surface area contributed by atoms with Gasteiger partial charge in [-0.15, -0.1) is 0 Å². The third-order valence-corrected chi connectivity index (χ3v) is 5.23. The summed E-state index contributed by atoms with van der Waals surface area (Å²) in [6.45, 7) is -1.47. The molecule has 1 heterocycles. The Balaban J connectivity index is 1.83. The van der Waals surface area contributed by atoms with E-state index >= 15 is 0 Å². The third-order valence-electron chi connectivity index (χ3n) is 5.23. The molecule has 1 aliphatic heterocycles. The van der Waals surface area contributed by atoms with Crippen LogP contribution in [0.2, 0.25) is 0 Å². The van der Waals surface area contributed by atoms with E-state index < -0.39 is 69.4 Å². The second kappa shape index (κ2) is 8.65. The number of rotatable bonds is 2. The van der Waals surface area contributed by atoms with Crippen LogP contribution in [-0.2, 0) is 12.4 Å². The molecule has 0 saturated carbocycles. The van der Waals surface area contributed by atoms with Crippen molar-refractivity contribution in [2.24, 2.45) is 0 Å². The van der Waals surface area contributed by atoms with Crippen molar-refractivity contribution in [3.8, 4) is 0 Å². The van der Waals surface area contributed by atoms with E-state index in [9.17, 15) is 44.7 Å². The summed E-state index contributed by atoms with van der Waals surface area (Å²) in [4.78, 5) is 27.1. The molecule has 3 rings (SSSR count). The summed E-state index contributed by atoms with van der Waals surface area (Å²) >= 11 is 0. The summed E-state index contributed by atoms with van der Waals surface area (Å²) in [6.07, 6.45) is -10.5. The molecule has 1 fully saturated rings. The standard InChI is InChI=1S/C20H16F8N4O2/c21-15-11(29)3-1-9(13(15)19(23,24)25)17(33)31-5-7-32(8-6-31)18(34)10-2-4-12(30)16(22)14(10)20(26,27)28/h1-4H,5-8,29-30H2. The molecule has 2 amide bonds. The number of anilines is 2. The average Bonchev–Trinajstić information content (AvgIpc) is 2.74. The van der Waals surface area contributed by atoms with Crippen LogP contribution in [0.1, 0.15) is 31.8 Å². The Bertz CT molecular complexity index is 1050. The Kier molecular flexibility index (Phi) is 6.37. The topological polar surface area (TPSA) is 92.7 Å². The predicted molar refractivity (Wildman–Crippen MR) is 103 cm³/mol. The van der Waals surface area contributed by atoms with Crippen LogP contribution in [0.25, 0.3) is 0 Å². The first-order valence-corrected chi connectivity index (χ1v) is 9.53. The van der Waals surface area contributed by atoms with Gasteiger partial charge in [-0.05, 0) is 24.3 Å². The summed E-state index contributed by atoms with van der Waals surface area (Å²) in [5.74, 6) is -6.02. The second-order valence-electron chi connectivity index (χ2n) is 7.36. The SMILES string of the molecule is Nc1ccc(C(=O)N2CCN(C(=O)c3ccc(N)c(F)c3C(F)(F)F)CC2)c(C(F)(F)F)c1F. The van der Waals surface area contributed by atoms with Crippen molar-refractivity contribution in [2.75, 3.05) is 37.6 Å². The lowest BCUT2D eigenvalue weighted by atomic mass is 10.0. The summed E-state index contributed by atoms with van der Waals surface area (Å²) in [6, 6.07) is 3.03. The van der Waals surface area contributed by atoms with Crippen LogP contribution in [-0.4, -0.2) is 47.8 Å². The van der Waals surface area contributed by atoms with Crippen LogP contribution in [0.5, 0.6) is 0 Å². The number of nitrogens with two attached hydrogens (primary N) is 2. The maximum Gasteiger partial charge on any atom is 0.420 e. The van der Waals surface area contributed by atoms with Crippen molar-refractivity contribution in [3.05, 3.63) is 58.2 Å². The first-order chi connectivity index (χ1) is 15.6. The van der Waals surface area contributed by atoms with Crippen LogP contribution >= 0.6 is 0 Å². The fourth-order valence-corrected chi connectivity index (χ4v) is 3.55. The molecule has 14 heteroatoms. The summed E-state index contributed by atoms with van der Waals surface area (Å²) in [5.41, 5.74) is 3.04. The normalized spacial score (nSPS) is 14.9. The van der Waals surface area contributed by atoms with E-state index in [2.05, 4.69) is 0 Å².